The van der Waals surface area contributed by atoms with E-state index in [0.717, 1.165) is 5.69 Å². The first-order valence-electron chi connectivity index (χ1n) is 5.14. The number of nitrogens with zero attached hydrogens (tertiary/aromatic N) is 4. The molecule has 0 amide bonds. The summed E-state index contributed by atoms with van der Waals surface area (Å²) in [6.07, 6.45) is 3.52. The molecule has 0 fully saturated rings. The van der Waals surface area contributed by atoms with Crippen LogP contribution in [-0.2, 0) is 0 Å². The van der Waals surface area contributed by atoms with Crippen LogP contribution in [0.15, 0.2) is 12.5 Å². The summed E-state index contributed by atoms with van der Waals surface area (Å²) >= 11 is 0. The van der Waals surface area contributed by atoms with Crippen molar-refractivity contribution >= 4 is 5.82 Å². The van der Waals surface area contributed by atoms with E-state index in [1.54, 1.807) is 12.5 Å². The Morgan fingerprint density at radius 3 is 2.56 bits per heavy atom. The van der Waals surface area contributed by atoms with Gasteiger partial charge in [0.1, 0.15) is 11.5 Å². The van der Waals surface area contributed by atoms with E-state index in [-0.39, 0.29) is 0 Å². The fraction of sp³-hybridized carbons (Fsp3) is 0.400. The van der Waals surface area contributed by atoms with Gasteiger partial charge < -0.3 is 16.1 Å². The third kappa shape index (κ3) is 1.42. The third-order valence-corrected chi connectivity index (χ3v) is 2.59. The zero-order valence-electron chi connectivity index (χ0n) is 9.68. The second-order valence-corrected chi connectivity index (χ2v) is 4.04. The summed E-state index contributed by atoms with van der Waals surface area (Å²) in [7, 11) is 0. The molecule has 2 aromatic heterocycles. The molecule has 6 nitrogen and oxygen atoms in total. The van der Waals surface area contributed by atoms with Crippen molar-refractivity contribution in [1.29, 1.82) is 0 Å². The minimum Gasteiger partial charge on any atom is -0.382 e. The summed E-state index contributed by atoms with van der Waals surface area (Å²) in [6, 6.07) is 0.306. The molecule has 0 saturated carbocycles. The Morgan fingerprint density at radius 2 is 2.06 bits per heavy atom. The van der Waals surface area contributed by atoms with E-state index in [1.807, 2.05) is 11.5 Å². The van der Waals surface area contributed by atoms with E-state index in [2.05, 4.69) is 23.8 Å². The minimum absolute atomic E-state index is 0.306. The Hall–Kier alpha value is -1.98. The fourth-order valence-corrected chi connectivity index (χ4v) is 1.65. The number of hydrogen-bond donors (Lipinski definition) is 2. The number of rotatable bonds is 2. The highest BCUT2D eigenvalue weighted by atomic mass is 15.4. The highest BCUT2D eigenvalue weighted by Gasteiger charge is 2.16. The summed E-state index contributed by atoms with van der Waals surface area (Å²) in [6.45, 7) is 5.97. The normalized spacial score (nSPS) is 11.2. The molecule has 0 aliphatic rings. The molecular formula is C10H16N6. The summed E-state index contributed by atoms with van der Waals surface area (Å²) < 4.78 is 3.39. The number of nitrogen functional groups attached to an aromatic ring is 2. The molecule has 0 bridgehead atoms. The molecule has 0 spiro atoms. The Labute approximate surface area is 93.9 Å². The van der Waals surface area contributed by atoms with Crippen molar-refractivity contribution in [3.8, 4) is 11.4 Å². The molecular weight excluding hydrogens is 204 g/mol. The predicted molar refractivity (Wildman–Crippen MR) is 63.1 cm³/mol. The van der Waals surface area contributed by atoms with E-state index in [1.165, 1.54) is 4.68 Å². The van der Waals surface area contributed by atoms with E-state index >= 15 is 0 Å². The second-order valence-electron chi connectivity index (χ2n) is 4.04. The van der Waals surface area contributed by atoms with Gasteiger partial charge in [0.15, 0.2) is 5.82 Å². The average Bonchev–Trinajstić information content (AvgIpc) is 2.79. The maximum Gasteiger partial charge on any atom is 0.152 e. The lowest BCUT2D eigenvalue weighted by atomic mass is 10.3. The largest absolute Gasteiger partial charge is 0.382 e. The molecule has 16 heavy (non-hydrogen) atoms. The summed E-state index contributed by atoms with van der Waals surface area (Å²) in [4.78, 5) is 8.46. The van der Waals surface area contributed by atoms with Gasteiger partial charge in [-0.05, 0) is 20.8 Å². The second kappa shape index (κ2) is 3.55. The molecule has 2 aromatic rings. The standard InChI is InChI=1S/C10H16N6/c1-6(2)15-5-13-4-8(15)9-10(11)16(12)7(3)14-9/h4-6H,11-12H2,1-3H3. The number of aromatic nitrogens is 4. The quantitative estimate of drug-likeness (QED) is 0.737. The lowest BCUT2D eigenvalue weighted by molar-refractivity contribution is 0.604. The van der Waals surface area contributed by atoms with Crippen molar-refractivity contribution in [3.63, 3.8) is 0 Å². The summed E-state index contributed by atoms with van der Waals surface area (Å²) in [5, 5.41) is 0. The van der Waals surface area contributed by atoms with Crippen LogP contribution in [0.3, 0.4) is 0 Å². The number of nitrogens with two attached hydrogens (primary N) is 2. The van der Waals surface area contributed by atoms with Gasteiger partial charge in [-0.2, -0.15) is 0 Å². The van der Waals surface area contributed by atoms with E-state index < -0.39 is 0 Å². The maximum absolute atomic E-state index is 5.90. The van der Waals surface area contributed by atoms with Gasteiger partial charge in [-0.15, -0.1) is 0 Å². The lowest BCUT2D eigenvalue weighted by Crippen LogP contribution is -2.13. The van der Waals surface area contributed by atoms with Gasteiger partial charge in [0.2, 0.25) is 0 Å². The van der Waals surface area contributed by atoms with E-state index in [4.69, 9.17) is 11.6 Å². The van der Waals surface area contributed by atoms with Crippen molar-refractivity contribution in [1.82, 2.24) is 19.2 Å². The molecule has 0 aromatic carbocycles. The van der Waals surface area contributed by atoms with E-state index in [9.17, 15) is 0 Å². The van der Waals surface area contributed by atoms with Crippen molar-refractivity contribution in [3.05, 3.63) is 18.3 Å². The van der Waals surface area contributed by atoms with Gasteiger partial charge in [0.05, 0.1) is 18.2 Å². The molecule has 0 aliphatic heterocycles. The van der Waals surface area contributed by atoms with Crippen LogP contribution in [0.25, 0.3) is 11.4 Å². The van der Waals surface area contributed by atoms with Crippen LogP contribution in [-0.4, -0.2) is 19.2 Å². The molecule has 0 saturated heterocycles. The van der Waals surface area contributed by atoms with Crippen LogP contribution >= 0.6 is 0 Å². The van der Waals surface area contributed by atoms with Gasteiger partial charge >= 0.3 is 0 Å². The first-order valence-corrected chi connectivity index (χ1v) is 5.14. The Morgan fingerprint density at radius 1 is 1.38 bits per heavy atom. The van der Waals surface area contributed by atoms with Crippen LogP contribution in [0.4, 0.5) is 5.82 Å². The maximum atomic E-state index is 5.90. The molecule has 2 heterocycles. The van der Waals surface area contributed by atoms with Crippen LogP contribution in [0, 0.1) is 6.92 Å². The highest BCUT2D eigenvalue weighted by Crippen LogP contribution is 2.26. The van der Waals surface area contributed by atoms with Gasteiger partial charge in [-0.3, -0.25) is 0 Å². The SMILES string of the molecule is Cc1nc(-c2cncn2C(C)C)c(N)n1N. The van der Waals surface area contributed by atoms with Gasteiger partial charge in [0.25, 0.3) is 0 Å². The lowest BCUT2D eigenvalue weighted by Gasteiger charge is -2.10. The van der Waals surface area contributed by atoms with Crippen LogP contribution in [0.2, 0.25) is 0 Å². The van der Waals surface area contributed by atoms with Gasteiger partial charge in [-0.1, -0.05) is 0 Å². The first-order chi connectivity index (χ1) is 7.52. The zero-order valence-corrected chi connectivity index (χ0v) is 9.68. The van der Waals surface area contributed by atoms with Gasteiger partial charge in [0, 0.05) is 6.04 Å². The molecule has 86 valence electrons. The highest BCUT2D eigenvalue weighted by molar-refractivity contribution is 5.68. The monoisotopic (exact) mass is 220 g/mol. The number of anilines is 1. The predicted octanol–water partition coefficient (Wildman–Crippen LogP) is 0.932. The number of aryl methyl sites for hydroxylation is 1. The molecule has 6 heteroatoms. The molecule has 0 aliphatic carbocycles. The third-order valence-electron chi connectivity index (χ3n) is 2.59. The topological polar surface area (TPSA) is 87.7 Å². The first kappa shape index (κ1) is 10.5. The number of imidazole rings is 2. The van der Waals surface area contributed by atoms with E-state index in [0.29, 0.717) is 23.4 Å². The number of hydrogen-bond acceptors (Lipinski definition) is 4. The molecule has 0 atom stereocenters. The molecule has 4 N–H and O–H groups in total. The zero-order chi connectivity index (χ0) is 11.9. The summed E-state index contributed by atoms with van der Waals surface area (Å²) in [5.74, 6) is 6.88. The van der Waals surface area contributed by atoms with Crippen molar-refractivity contribution in [2.24, 2.45) is 0 Å². The van der Waals surface area contributed by atoms with Crippen molar-refractivity contribution in [2.75, 3.05) is 11.6 Å². The Bertz CT molecular complexity index is 507. The smallest absolute Gasteiger partial charge is 0.152 e. The fourth-order valence-electron chi connectivity index (χ4n) is 1.65. The molecule has 0 unspecified atom stereocenters. The van der Waals surface area contributed by atoms with Crippen molar-refractivity contribution < 1.29 is 0 Å². The average molecular weight is 220 g/mol. The van der Waals surface area contributed by atoms with Crippen LogP contribution < -0.4 is 11.6 Å². The molecule has 2 rings (SSSR count). The minimum atomic E-state index is 0.306. The molecule has 0 radical (unpaired) electrons. The summed E-state index contributed by atoms with van der Waals surface area (Å²) in [5.41, 5.74) is 7.47. The Kier molecular flexibility index (Phi) is 2.34. The van der Waals surface area contributed by atoms with Crippen LogP contribution in [0.5, 0.6) is 0 Å². The van der Waals surface area contributed by atoms with Gasteiger partial charge in [-0.25, -0.2) is 14.6 Å². The van der Waals surface area contributed by atoms with Crippen LogP contribution in [0.1, 0.15) is 25.7 Å². The Balaban J connectivity index is 2.59. The van der Waals surface area contributed by atoms with Crippen molar-refractivity contribution in [2.45, 2.75) is 26.8 Å².